The summed E-state index contributed by atoms with van der Waals surface area (Å²) in [6, 6.07) is 4.33. The van der Waals surface area contributed by atoms with Crippen molar-refractivity contribution in [2.45, 2.75) is 18.2 Å². The minimum absolute atomic E-state index is 0.138. The predicted octanol–water partition coefficient (Wildman–Crippen LogP) is 2.80. The Balaban J connectivity index is 2.82. The number of esters is 1. The molecule has 1 aromatic rings. The maximum atomic E-state index is 12.0. The number of rotatable bonds is 5. The zero-order valence-electron chi connectivity index (χ0n) is 9.15. The van der Waals surface area contributed by atoms with Gasteiger partial charge >= 0.3 is 5.97 Å². The van der Waals surface area contributed by atoms with Crippen LogP contribution in [0.1, 0.15) is 17.3 Å². The first-order chi connectivity index (χ1) is 8.04. The fraction of sp³-hybridized carbons (Fsp3) is 0.364. The molecule has 1 rings (SSSR count). The summed E-state index contributed by atoms with van der Waals surface area (Å²) in [7, 11) is 0. The van der Waals surface area contributed by atoms with Gasteiger partial charge in [0.1, 0.15) is 12.4 Å². The number of carbonyl (C=O) groups is 1. The molecule has 0 saturated heterocycles. The zero-order chi connectivity index (χ0) is 12.8. The molecule has 0 heterocycles. The van der Waals surface area contributed by atoms with E-state index in [0.29, 0.717) is 4.90 Å². The van der Waals surface area contributed by atoms with Crippen molar-refractivity contribution in [2.75, 3.05) is 13.2 Å². The van der Waals surface area contributed by atoms with Crippen molar-refractivity contribution in [3.05, 3.63) is 23.8 Å². The predicted molar refractivity (Wildman–Crippen MR) is 61.1 cm³/mol. The fourth-order valence-corrected chi connectivity index (χ4v) is 1.33. The molecule has 0 saturated carbocycles. The van der Waals surface area contributed by atoms with Gasteiger partial charge in [0.05, 0.1) is 12.2 Å². The highest BCUT2D eigenvalue weighted by atomic mass is 32.1. The lowest BCUT2D eigenvalue weighted by atomic mass is 10.2. The molecule has 1 aromatic carbocycles. The van der Waals surface area contributed by atoms with Crippen molar-refractivity contribution in [1.82, 2.24) is 0 Å². The highest BCUT2D eigenvalue weighted by Gasteiger charge is 2.11. The number of hydrogen-bond acceptors (Lipinski definition) is 4. The van der Waals surface area contributed by atoms with E-state index in [2.05, 4.69) is 12.6 Å². The molecule has 3 nitrogen and oxygen atoms in total. The van der Waals surface area contributed by atoms with Gasteiger partial charge in [0.2, 0.25) is 0 Å². The van der Waals surface area contributed by atoms with Crippen molar-refractivity contribution in [1.29, 1.82) is 0 Å². The van der Waals surface area contributed by atoms with Gasteiger partial charge in [-0.1, -0.05) is 0 Å². The number of ether oxygens (including phenoxy) is 2. The third kappa shape index (κ3) is 4.22. The van der Waals surface area contributed by atoms with E-state index >= 15 is 0 Å². The molecule has 0 bridgehead atoms. The van der Waals surface area contributed by atoms with Gasteiger partial charge < -0.3 is 9.47 Å². The van der Waals surface area contributed by atoms with Crippen molar-refractivity contribution >= 4 is 18.6 Å². The fourth-order valence-electron chi connectivity index (χ4n) is 1.12. The number of alkyl halides is 2. The summed E-state index contributed by atoms with van der Waals surface area (Å²) in [5.74, 6) is -0.387. The van der Waals surface area contributed by atoms with Gasteiger partial charge in [-0.3, -0.25) is 0 Å². The lowest BCUT2D eigenvalue weighted by Gasteiger charge is -2.09. The highest BCUT2D eigenvalue weighted by molar-refractivity contribution is 7.80. The summed E-state index contributed by atoms with van der Waals surface area (Å²) in [5.41, 5.74) is 0.244. The summed E-state index contributed by atoms with van der Waals surface area (Å²) in [6.07, 6.45) is -2.58. The molecule has 0 aliphatic heterocycles. The smallest absolute Gasteiger partial charge is 0.338 e. The Morgan fingerprint density at radius 2 is 2.18 bits per heavy atom. The number of hydrogen-bond donors (Lipinski definition) is 1. The zero-order valence-corrected chi connectivity index (χ0v) is 10.0. The molecule has 0 fully saturated rings. The molecule has 0 unspecified atom stereocenters. The van der Waals surface area contributed by atoms with Crippen molar-refractivity contribution in [3.8, 4) is 5.75 Å². The molecule has 17 heavy (non-hydrogen) atoms. The monoisotopic (exact) mass is 262 g/mol. The Morgan fingerprint density at radius 3 is 2.76 bits per heavy atom. The second-order valence-corrected chi connectivity index (χ2v) is 3.59. The van der Waals surface area contributed by atoms with Crippen LogP contribution in [0.5, 0.6) is 5.75 Å². The summed E-state index contributed by atoms with van der Waals surface area (Å²) in [5, 5.41) is 0. The average molecular weight is 262 g/mol. The molecule has 0 atom stereocenters. The standard InChI is InChI=1S/C11H12F2O3S/c1-2-15-11(14)7-3-4-9(17)8(5-7)16-6-10(12)13/h3-5,10,17H,2,6H2,1H3. The lowest BCUT2D eigenvalue weighted by molar-refractivity contribution is 0.0525. The van der Waals surface area contributed by atoms with E-state index in [-0.39, 0.29) is 17.9 Å². The van der Waals surface area contributed by atoms with Gasteiger partial charge in [-0.15, -0.1) is 12.6 Å². The summed E-state index contributed by atoms with van der Waals surface area (Å²) in [6.45, 7) is 1.19. The Bertz CT molecular complexity index is 396. The molecule has 0 amide bonds. The average Bonchev–Trinajstić information content (AvgIpc) is 2.28. The minimum atomic E-state index is -2.58. The Labute approximate surface area is 103 Å². The highest BCUT2D eigenvalue weighted by Crippen LogP contribution is 2.24. The number of thiol groups is 1. The molecular weight excluding hydrogens is 250 g/mol. The van der Waals surface area contributed by atoms with Crippen molar-refractivity contribution in [3.63, 3.8) is 0 Å². The van der Waals surface area contributed by atoms with Crippen molar-refractivity contribution < 1.29 is 23.0 Å². The van der Waals surface area contributed by atoms with Crippen LogP contribution >= 0.6 is 12.6 Å². The molecule has 0 spiro atoms. The first kappa shape index (κ1) is 13.8. The van der Waals surface area contributed by atoms with Crippen molar-refractivity contribution in [2.24, 2.45) is 0 Å². The second-order valence-electron chi connectivity index (χ2n) is 3.11. The maximum absolute atomic E-state index is 12.0. The Hall–Kier alpha value is -1.30. The second kappa shape index (κ2) is 6.44. The topological polar surface area (TPSA) is 35.5 Å². The molecule has 0 aromatic heterocycles. The van der Waals surface area contributed by atoms with E-state index in [0.717, 1.165) is 0 Å². The number of benzene rings is 1. The van der Waals surface area contributed by atoms with E-state index < -0.39 is 19.0 Å². The number of carbonyl (C=O) groups excluding carboxylic acids is 1. The molecule has 0 radical (unpaired) electrons. The van der Waals surface area contributed by atoms with Crippen LogP contribution in [0.15, 0.2) is 23.1 Å². The molecule has 0 aliphatic rings. The van der Waals surface area contributed by atoms with Crippen LogP contribution in [0.25, 0.3) is 0 Å². The summed E-state index contributed by atoms with van der Waals surface area (Å²) >= 11 is 4.05. The van der Waals surface area contributed by atoms with Crippen LogP contribution in [0.3, 0.4) is 0 Å². The summed E-state index contributed by atoms with van der Waals surface area (Å²) in [4.78, 5) is 11.8. The third-order valence-electron chi connectivity index (χ3n) is 1.84. The molecule has 94 valence electrons. The van der Waals surface area contributed by atoms with Crippen LogP contribution in [0.4, 0.5) is 8.78 Å². The Kier molecular flexibility index (Phi) is 5.21. The molecule has 6 heteroatoms. The Morgan fingerprint density at radius 1 is 1.47 bits per heavy atom. The lowest BCUT2D eigenvalue weighted by Crippen LogP contribution is -2.09. The van der Waals surface area contributed by atoms with Gasteiger partial charge in [-0.25, -0.2) is 13.6 Å². The normalized spacial score (nSPS) is 10.4. The minimum Gasteiger partial charge on any atom is -0.486 e. The van der Waals surface area contributed by atoms with Crippen LogP contribution in [0.2, 0.25) is 0 Å². The van der Waals surface area contributed by atoms with Gasteiger partial charge in [0.25, 0.3) is 6.43 Å². The SMILES string of the molecule is CCOC(=O)c1ccc(S)c(OCC(F)F)c1. The van der Waals surface area contributed by atoms with Gasteiger partial charge in [-0.2, -0.15) is 0 Å². The third-order valence-corrected chi connectivity index (χ3v) is 2.21. The first-order valence-electron chi connectivity index (χ1n) is 4.95. The van der Waals surface area contributed by atoms with E-state index in [1.807, 2.05) is 0 Å². The molecule has 0 aliphatic carbocycles. The van der Waals surface area contributed by atoms with Gasteiger partial charge in [0.15, 0.2) is 0 Å². The largest absolute Gasteiger partial charge is 0.486 e. The van der Waals surface area contributed by atoms with E-state index in [9.17, 15) is 13.6 Å². The van der Waals surface area contributed by atoms with Gasteiger partial charge in [-0.05, 0) is 25.1 Å². The molecule has 0 N–H and O–H groups in total. The van der Waals surface area contributed by atoms with E-state index in [1.54, 1.807) is 6.92 Å². The first-order valence-corrected chi connectivity index (χ1v) is 5.40. The van der Waals surface area contributed by atoms with Crippen LogP contribution in [-0.4, -0.2) is 25.6 Å². The quantitative estimate of drug-likeness (QED) is 0.654. The maximum Gasteiger partial charge on any atom is 0.338 e. The number of halogens is 2. The van der Waals surface area contributed by atoms with Crippen LogP contribution < -0.4 is 4.74 Å². The van der Waals surface area contributed by atoms with Gasteiger partial charge in [0, 0.05) is 4.90 Å². The molecular formula is C11H12F2O3S. The van der Waals surface area contributed by atoms with E-state index in [4.69, 9.17) is 9.47 Å². The summed E-state index contributed by atoms with van der Waals surface area (Å²) < 4.78 is 33.6. The van der Waals surface area contributed by atoms with Crippen LogP contribution in [0, 0.1) is 0 Å². The van der Waals surface area contributed by atoms with Crippen LogP contribution in [-0.2, 0) is 4.74 Å². The van der Waals surface area contributed by atoms with E-state index in [1.165, 1.54) is 18.2 Å².